The third-order valence-electron chi connectivity index (χ3n) is 3.36. The Bertz CT molecular complexity index is 544. The van der Waals surface area contributed by atoms with E-state index >= 15 is 0 Å². The molecule has 0 radical (unpaired) electrons. The van der Waals surface area contributed by atoms with Crippen molar-refractivity contribution in [3.8, 4) is 16.9 Å². The number of benzene rings is 2. The van der Waals surface area contributed by atoms with E-state index in [0.29, 0.717) is 6.61 Å². The van der Waals surface area contributed by atoms with Crippen molar-refractivity contribution < 1.29 is 9.47 Å². The van der Waals surface area contributed by atoms with Gasteiger partial charge in [-0.2, -0.15) is 0 Å². The maximum absolute atomic E-state index is 5.89. The fourth-order valence-corrected chi connectivity index (χ4v) is 2.11. The second-order valence-corrected chi connectivity index (χ2v) is 4.82. The number of hydrogen-bond donors (Lipinski definition) is 0. The predicted molar refractivity (Wildman–Crippen MR) is 76.5 cm³/mol. The van der Waals surface area contributed by atoms with Crippen molar-refractivity contribution >= 4 is 0 Å². The van der Waals surface area contributed by atoms with Crippen molar-refractivity contribution in [1.29, 1.82) is 0 Å². The molecular formula is C17H18O2. The van der Waals surface area contributed by atoms with Crippen LogP contribution in [0.2, 0.25) is 0 Å². The Morgan fingerprint density at radius 3 is 2.63 bits per heavy atom. The molecule has 0 aliphatic carbocycles. The van der Waals surface area contributed by atoms with E-state index in [0.717, 1.165) is 18.8 Å². The fraction of sp³-hybridized carbons (Fsp3) is 0.294. The highest BCUT2D eigenvalue weighted by molar-refractivity contribution is 5.71. The standard InChI is InChI=1S/C17H18O2/c1-2-13-8-9-17(19-12-15-11-18-15)16(10-13)14-6-4-3-5-7-14/h3-10,15H,2,11-12H2,1H3. The van der Waals surface area contributed by atoms with Crippen LogP contribution in [-0.2, 0) is 11.2 Å². The molecule has 2 aromatic rings. The highest BCUT2D eigenvalue weighted by atomic mass is 16.6. The molecule has 1 aliphatic heterocycles. The molecule has 19 heavy (non-hydrogen) atoms. The minimum Gasteiger partial charge on any atom is -0.490 e. The van der Waals surface area contributed by atoms with Crippen molar-refractivity contribution in [1.82, 2.24) is 0 Å². The molecule has 2 heteroatoms. The topological polar surface area (TPSA) is 21.8 Å². The maximum Gasteiger partial charge on any atom is 0.127 e. The average molecular weight is 254 g/mol. The van der Waals surface area contributed by atoms with Gasteiger partial charge in [0.15, 0.2) is 0 Å². The Morgan fingerprint density at radius 1 is 1.16 bits per heavy atom. The lowest BCUT2D eigenvalue weighted by molar-refractivity contribution is 0.264. The Hall–Kier alpha value is -1.80. The van der Waals surface area contributed by atoms with Crippen LogP contribution in [0.25, 0.3) is 11.1 Å². The second kappa shape index (κ2) is 5.45. The lowest BCUT2D eigenvalue weighted by atomic mass is 10.0. The summed E-state index contributed by atoms with van der Waals surface area (Å²) in [6, 6.07) is 16.8. The van der Waals surface area contributed by atoms with Crippen LogP contribution < -0.4 is 4.74 Å². The number of aryl methyl sites for hydroxylation is 1. The molecular weight excluding hydrogens is 236 g/mol. The Balaban J connectivity index is 1.92. The van der Waals surface area contributed by atoms with Gasteiger partial charge in [0.1, 0.15) is 18.5 Å². The van der Waals surface area contributed by atoms with E-state index < -0.39 is 0 Å². The molecule has 2 nitrogen and oxygen atoms in total. The SMILES string of the molecule is CCc1ccc(OCC2CO2)c(-c2ccccc2)c1. The number of rotatable bonds is 5. The summed E-state index contributed by atoms with van der Waals surface area (Å²) in [6.07, 6.45) is 1.32. The molecule has 0 saturated carbocycles. The molecule has 0 N–H and O–H groups in total. The summed E-state index contributed by atoms with van der Waals surface area (Å²) < 4.78 is 11.1. The second-order valence-electron chi connectivity index (χ2n) is 4.82. The Labute approximate surface area is 114 Å². The van der Waals surface area contributed by atoms with Gasteiger partial charge in [-0.15, -0.1) is 0 Å². The van der Waals surface area contributed by atoms with E-state index in [1.54, 1.807) is 0 Å². The van der Waals surface area contributed by atoms with Gasteiger partial charge in [0, 0.05) is 5.56 Å². The van der Waals surface area contributed by atoms with E-state index in [1.165, 1.54) is 16.7 Å². The van der Waals surface area contributed by atoms with E-state index in [-0.39, 0.29) is 6.10 Å². The van der Waals surface area contributed by atoms with Gasteiger partial charge in [0.05, 0.1) is 6.61 Å². The molecule has 0 spiro atoms. The van der Waals surface area contributed by atoms with Crippen molar-refractivity contribution in [3.63, 3.8) is 0 Å². The first kappa shape index (κ1) is 12.2. The van der Waals surface area contributed by atoms with Crippen LogP contribution in [-0.4, -0.2) is 19.3 Å². The molecule has 1 atom stereocenters. The van der Waals surface area contributed by atoms with E-state index in [2.05, 4.69) is 49.4 Å². The third-order valence-corrected chi connectivity index (χ3v) is 3.36. The van der Waals surface area contributed by atoms with E-state index in [1.807, 2.05) is 6.07 Å². The highest BCUT2D eigenvalue weighted by Crippen LogP contribution is 2.31. The van der Waals surface area contributed by atoms with Crippen LogP contribution >= 0.6 is 0 Å². The molecule has 98 valence electrons. The minimum absolute atomic E-state index is 0.287. The number of ether oxygens (including phenoxy) is 2. The zero-order chi connectivity index (χ0) is 13.1. The minimum atomic E-state index is 0.287. The van der Waals surface area contributed by atoms with Crippen molar-refractivity contribution in [2.24, 2.45) is 0 Å². The van der Waals surface area contributed by atoms with Gasteiger partial charge < -0.3 is 9.47 Å². The van der Waals surface area contributed by atoms with Crippen LogP contribution in [0.15, 0.2) is 48.5 Å². The summed E-state index contributed by atoms with van der Waals surface area (Å²) >= 11 is 0. The summed E-state index contributed by atoms with van der Waals surface area (Å²) in [4.78, 5) is 0. The molecule has 0 bridgehead atoms. The highest BCUT2D eigenvalue weighted by Gasteiger charge is 2.23. The Morgan fingerprint density at radius 2 is 1.95 bits per heavy atom. The monoisotopic (exact) mass is 254 g/mol. The maximum atomic E-state index is 5.89. The number of hydrogen-bond acceptors (Lipinski definition) is 2. The van der Waals surface area contributed by atoms with Gasteiger partial charge in [-0.05, 0) is 29.7 Å². The van der Waals surface area contributed by atoms with Crippen molar-refractivity contribution in [3.05, 3.63) is 54.1 Å². The molecule has 1 unspecified atom stereocenters. The summed E-state index contributed by atoms with van der Waals surface area (Å²) in [5, 5.41) is 0. The molecule has 1 saturated heterocycles. The van der Waals surface area contributed by atoms with Crippen LogP contribution in [0.5, 0.6) is 5.75 Å². The van der Waals surface area contributed by atoms with Crippen LogP contribution in [0.3, 0.4) is 0 Å². The van der Waals surface area contributed by atoms with Gasteiger partial charge in [-0.1, -0.05) is 43.3 Å². The molecule has 2 aromatic carbocycles. The number of epoxide rings is 1. The van der Waals surface area contributed by atoms with Gasteiger partial charge in [-0.25, -0.2) is 0 Å². The molecule has 0 amide bonds. The van der Waals surface area contributed by atoms with Gasteiger partial charge in [-0.3, -0.25) is 0 Å². The molecule has 1 heterocycles. The Kier molecular flexibility index (Phi) is 3.51. The first-order valence-electron chi connectivity index (χ1n) is 6.79. The quantitative estimate of drug-likeness (QED) is 0.759. The lowest BCUT2D eigenvalue weighted by Crippen LogP contribution is -2.05. The molecule has 0 aromatic heterocycles. The lowest BCUT2D eigenvalue weighted by Gasteiger charge is -2.12. The fourth-order valence-electron chi connectivity index (χ4n) is 2.11. The third kappa shape index (κ3) is 2.96. The zero-order valence-corrected chi connectivity index (χ0v) is 11.1. The predicted octanol–water partition coefficient (Wildman–Crippen LogP) is 3.69. The van der Waals surface area contributed by atoms with Gasteiger partial charge >= 0.3 is 0 Å². The van der Waals surface area contributed by atoms with E-state index in [4.69, 9.17) is 9.47 Å². The molecule has 1 aliphatic rings. The van der Waals surface area contributed by atoms with Crippen molar-refractivity contribution in [2.75, 3.05) is 13.2 Å². The summed E-state index contributed by atoms with van der Waals surface area (Å²) in [5.74, 6) is 0.943. The smallest absolute Gasteiger partial charge is 0.127 e. The van der Waals surface area contributed by atoms with Crippen molar-refractivity contribution in [2.45, 2.75) is 19.4 Å². The van der Waals surface area contributed by atoms with Crippen LogP contribution in [0, 0.1) is 0 Å². The van der Waals surface area contributed by atoms with E-state index in [9.17, 15) is 0 Å². The zero-order valence-electron chi connectivity index (χ0n) is 11.1. The first-order chi connectivity index (χ1) is 9.36. The average Bonchev–Trinajstić information content (AvgIpc) is 3.30. The van der Waals surface area contributed by atoms with Crippen LogP contribution in [0.1, 0.15) is 12.5 Å². The van der Waals surface area contributed by atoms with Crippen LogP contribution in [0.4, 0.5) is 0 Å². The largest absolute Gasteiger partial charge is 0.490 e. The summed E-state index contributed by atoms with van der Waals surface area (Å²) in [7, 11) is 0. The summed E-state index contributed by atoms with van der Waals surface area (Å²) in [6.45, 7) is 3.64. The summed E-state index contributed by atoms with van der Waals surface area (Å²) in [5.41, 5.74) is 3.69. The van der Waals surface area contributed by atoms with Gasteiger partial charge in [0.2, 0.25) is 0 Å². The molecule has 1 fully saturated rings. The normalized spacial score (nSPS) is 17.2. The first-order valence-corrected chi connectivity index (χ1v) is 6.79. The molecule has 3 rings (SSSR count). The van der Waals surface area contributed by atoms with Gasteiger partial charge in [0.25, 0.3) is 0 Å².